The van der Waals surface area contributed by atoms with E-state index in [-0.39, 0.29) is 0 Å². The van der Waals surface area contributed by atoms with Gasteiger partial charge in [0, 0.05) is 35.4 Å². The molecule has 0 fully saturated rings. The molecule has 0 atom stereocenters. The minimum atomic E-state index is 0.638. The van der Waals surface area contributed by atoms with E-state index in [9.17, 15) is 0 Å². The molecule has 0 aromatic heterocycles. The molecule has 2 aromatic rings. The maximum absolute atomic E-state index is 6.33. The zero-order chi connectivity index (χ0) is 15.4. The highest BCUT2D eigenvalue weighted by Gasteiger charge is 2.09. The second kappa shape index (κ2) is 7.22. The van der Waals surface area contributed by atoms with Gasteiger partial charge in [-0.15, -0.1) is 0 Å². The smallest absolute Gasteiger partial charge is 0.0496 e. The minimum absolute atomic E-state index is 0.638. The quantitative estimate of drug-likeness (QED) is 0.680. The summed E-state index contributed by atoms with van der Waals surface area (Å²) in [6, 6.07) is 13.4. The summed E-state index contributed by atoms with van der Waals surface area (Å²) < 4.78 is 0. The Morgan fingerprint density at radius 1 is 0.952 bits per heavy atom. The molecule has 21 heavy (non-hydrogen) atoms. The second-order valence-corrected chi connectivity index (χ2v) is 6.33. The third kappa shape index (κ3) is 4.67. The first kappa shape index (κ1) is 16.2. The molecule has 0 radical (unpaired) electrons. The van der Waals surface area contributed by atoms with Crippen LogP contribution in [0.5, 0.6) is 0 Å². The number of rotatable bonds is 4. The SMILES string of the molecule is CN(C)C=C(Cc1ccc(Cl)cc1)c1ccc(Cl)cc1Cl. The molecule has 0 N–H and O–H groups in total. The minimum Gasteiger partial charge on any atom is -0.383 e. The zero-order valence-electron chi connectivity index (χ0n) is 11.9. The van der Waals surface area contributed by atoms with E-state index in [1.807, 2.05) is 55.4 Å². The number of halogens is 3. The van der Waals surface area contributed by atoms with Crippen LogP contribution in [0.15, 0.2) is 48.7 Å². The van der Waals surface area contributed by atoms with Crippen LogP contribution in [0, 0.1) is 0 Å². The number of benzene rings is 2. The predicted molar refractivity (Wildman–Crippen MR) is 93.3 cm³/mol. The molecule has 1 nitrogen and oxygen atoms in total. The molecule has 2 aromatic carbocycles. The van der Waals surface area contributed by atoms with Crippen LogP contribution in [0.1, 0.15) is 11.1 Å². The molecule has 0 aliphatic rings. The Kier molecular flexibility index (Phi) is 5.58. The molecule has 4 heteroatoms. The fourth-order valence-corrected chi connectivity index (χ4v) is 2.75. The third-order valence-corrected chi connectivity index (χ3v) is 3.80. The van der Waals surface area contributed by atoms with Gasteiger partial charge in [-0.2, -0.15) is 0 Å². The van der Waals surface area contributed by atoms with Crippen LogP contribution in [0.2, 0.25) is 15.1 Å². The summed E-state index contributed by atoms with van der Waals surface area (Å²) in [7, 11) is 3.98. The van der Waals surface area contributed by atoms with Gasteiger partial charge in [0.15, 0.2) is 0 Å². The number of hydrogen-bond donors (Lipinski definition) is 0. The van der Waals surface area contributed by atoms with Gasteiger partial charge in [-0.3, -0.25) is 0 Å². The summed E-state index contributed by atoms with van der Waals surface area (Å²) in [6.45, 7) is 0. The Balaban J connectivity index is 2.37. The molecule has 0 unspecified atom stereocenters. The maximum atomic E-state index is 6.33. The topological polar surface area (TPSA) is 3.24 Å². The van der Waals surface area contributed by atoms with Crippen molar-refractivity contribution in [2.24, 2.45) is 0 Å². The summed E-state index contributed by atoms with van der Waals surface area (Å²) in [5, 5.41) is 2.03. The van der Waals surface area contributed by atoms with Gasteiger partial charge >= 0.3 is 0 Å². The van der Waals surface area contributed by atoms with Gasteiger partial charge in [-0.25, -0.2) is 0 Å². The highest BCUT2D eigenvalue weighted by molar-refractivity contribution is 6.35. The van der Waals surface area contributed by atoms with Crippen molar-refractivity contribution in [3.8, 4) is 0 Å². The Hall–Kier alpha value is -1.15. The lowest BCUT2D eigenvalue weighted by Gasteiger charge is -2.14. The molecule has 0 saturated heterocycles. The van der Waals surface area contributed by atoms with Crippen molar-refractivity contribution in [3.05, 3.63) is 74.9 Å². The molecular weight excluding hydrogens is 325 g/mol. The molecule has 0 spiro atoms. The first-order valence-corrected chi connectivity index (χ1v) is 7.66. The normalized spacial score (nSPS) is 11.6. The van der Waals surface area contributed by atoms with E-state index in [4.69, 9.17) is 34.8 Å². The van der Waals surface area contributed by atoms with E-state index in [0.717, 1.165) is 22.6 Å². The standard InChI is InChI=1S/C17H16Cl3N/c1-21(2)11-13(9-12-3-5-14(18)6-4-12)16-8-7-15(19)10-17(16)20/h3-8,10-11H,9H2,1-2H3. The van der Waals surface area contributed by atoms with Gasteiger partial charge in [-0.05, 0) is 47.4 Å². The van der Waals surface area contributed by atoms with E-state index in [0.29, 0.717) is 10.0 Å². The van der Waals surface area contributed by atoms with Gasteiger partial charge in [0.05, 0.1) is 0 Å². The predicted octanol–water partition coefficient (Wildman–Crippen LogP) is 5.79. The van der Waals surface area contributed by atoms with Crippen molar-refractivity contribution in [3.63, 3.8) is 0 Å². The van der Waals surface area contributed by atoms with Gasteiger partial charge in [0.1, 0.15) is 0 Å². The van der Waals surface area contributed by atoms with Crippen LogP contribution in [0.25, 0.3) is 5.57 Å². The molecule has 0 amide bonds. The molecular formula is C17H16Cl3N. The monoisotopic (exact) mass is 339 g/mol. The summed E-state index contributed by atoms with van der Waals surface area (Å²) in [4.78, 5) is 2.01. The Bertz CT molecular complexity index is 646. The summed E-state index contributed by atoms with van der Waals surface area (Å²) >= 11 is 18.2. The fourth-order valence-electron chi connectivity index (χ4n) is 2.09. The van der Waals surface area contributed by atoms with E-state index < -0.39 is 0 Å². The van der Waals surface area contributed by atoms with Crippen molar-refractivity contribution in [1.29, 1.82) is 0 Å². The third-order valence-electron chi connectivity index (χ3n) is 3.00. The molecule has 0 heterocycles. The van der Waals surface area contributed by atoms with E-state index in [1.54, 1.807) is 6.07 Å². The molecule has 0 saturated carbocycles. The fraction of sp³-hybridized carbons (Fsp3) is 0.176. The average Bonchev–Trinajstić information content (AvgIpc) is 2.40. The van der Waals surface area contributed by atoms with Crippen LogP contribution in [-0.2, 0) is 6.42 Å². The van der Waals surface area contributed by atoms with Gasteiger partial charge in [-0.1, -0.05) is 53.0 Å². The molecule has 0 aliphatic carbocycles. The zero-order valence-corrected chi connectivity index (χ0v) is 14.2. The molecule has 2 rings (SSSR count). The summed E-state index contributed by atoms with van der Waals surface area (Å²) in [5.41, 5.74) is 3.30. The molecule has 0 aliphatic heterocycles. The maximum Gasteiger partial charge on any atom is 0.0496 e. The average molecular weight is 341 g/mol. The van der Waals surface area contributed by atoms with Gasteiger partial charge < -0.3 is 4.90 Å². The van der Waals surface area contributed by atoms with Crippen molar-refractivity contribution in [1.82, 2.24) is 4.90 Å². The van der Waals surface area contributed by atoms with Crippen LogP contribution >= 0.6 is 34.8 Å². The van der Waals surface area contributed by atoms with Crippen molar-refractivity contribution in [2.45, 2.75) is 6.42 Å². The lowest BCUT2D eigenvalue weighted by molar-refractivity contribution is 0.564. The van der Waals surface area contributed by atoms with Crippen LogP contribution < -0.4 is 0 Å². The first-order valence-electron chi connectivity index (χ1n) is 6.52. The number of hydrogen-bond acceptors (Lipinski definition) is 1. The largest absolute Gasteiger partial charge is 0.383 e. The number of nitrogens with zero attached hydrogens (tertiary/aromatic N) is 1. The summed E-state index contributed by atoms with van der Waals surface area (Å²) in [5.74, 6) is 0. The molecule has 0 bridgehead atoms. The Morgan fingerprint density at radius 3 is 2.14 bits per heavy atom. The van der Waals surface area contributed by atoms with Crippen molar-refractivity contribution in [2.75, 3.05) is 14.1 Å². The Labute approximate surface area is 140 Å². The first-order chi connectivity index (χ1) is 9.95. The van der Waals surface area contributed by atoms with Gasteiger partial charge in [0.25, 0.3) is 0 Å². The van der Waals surface area contributed by atoms with E-state index in [1.165, 1.54) is 5.56 Å². The van der Waals surface area contributed by atoms with Crippen LogP contribution in [0.4, 0.5) is 0 Å². The highest BCUT2D eigenvalue weighted by Crippen LogP contribution is 2.29. The van der Waals surface area contributed by atoms with E-state index >= 15 is 0 Å². The van der Waals surface area contributed by atoms with Crippen molar-refractivity contribution < 1.29 is 0 Å². The molecule has 110 valence electrons. The Morgan fingerprint density at radius 2 is 1.57 bits per heavy atom. The number of allylic oxidation sites excluding steroid dienone is 1. The highest BCUT2D eigenvalue weighted by atomic mass is 35.5. The van der Waals surface area contributed by atoms with Crippen LogP contribution in [0.3, 0.4) is 0 Å². The second-order valence-electron chi connectivity index (χ2n) is 5.05. The van der Waals surface area contributed by atoms with E-state index in [2.05, 4.69) is 6.20 Å². The van der Waals surface area contributed by atoms with Crippen LogP contribution in [-0.4, -0.2) is 19.0 Å². The van der Waals surface area contributed by atoms with Crippen molar-refractivity contribution >= 4 is 40.4 Å². The summed E-state index contributed by atoms with van der Waals surface area (Å²) in [6.07, 6.45) is 2.85. The van der Waals surface area contributed by atoms with Gasteiger partial charge in [0.2, 0.25) is 0 Å². The lowest BCUT2D eigenvalue weighted by Crippen LogP contribution is -2.04. The lowest BCUT2D eigenvalue weighted by atomic mass is 9.99.